The van der Waals surface area contributed by atoms with Gasteiger partial charge in [-0.05, 0) is 32.8 Å². The predicted molar refractivity (Wildman–Crippen MR) is 77.7 cm³/mol. The lowest BCUT2D eigenvalue weighted by atomic mass is 10.0. The normalized spacial score (nSPS) is 10.6. The molecule has 5 heteroatoms. The van der Waals surface area contributed by atoms with E-state index in [0.717, 1.165) is 17.7 Å². The van der Waals surface area contributed by atoms with Gasteiger partial charge in [-0.2, -0.15) is 0 Å². The molecule has 0 fully saturated rings. The fraction of sp³-hybridized carbons (Fsp3) is 0.571. The van der Waals surface area contributed by atoms with E-state index in [2.05, 4.69) is 5.32 Å². The van der Waals surface area contributed by atoms with E-state index in [1.54, 1.807) is 13.0 Å². The number of aryl methyl sites for hydroxylation is 1. The van der Waals surface area contributed by atoms with Gasteiger partial charge >= 0.3 is 5.97 Å². The molecule has 0 bridgehead atoms. The number of anilines is 1. The molecule has 0 aromatic carbocycles. The Kier molecular flexibility index (Phi) is 6.02. The number of rotatable bonds is 6. The molecule has 0 spiro atoms. The number of hydrogen-bond donors (Lipinski definition) is 1. The Labute approximate surface area is 118 Å². The van der Waals surface area contributed by atoms with Crippen LogP contribution in [0.5, 0.6) is 0 Å². The van der Waals surface area contributed by atoms with E-state index in [9.17, 15) is 9.59 Å². The van der Waals surface area contributed by atoms with Gasteiger partial charge in [-0.15, -0.1) is 11.3 Å². The molecule has 1 amide bonds. The molecule has 1 aromatic heterocycles. The first kappa shape index (κ1) is 15.7. The van der Waals surface area contributed by atoms with Gasteiger partial charge in [-0.25, -0.2) is 4.79 Å². The molecule has 4 nitrogen and oxygen atoms in total. The lowest BCUT2D eigenvalue weighted by Crippen LogP contribution is -2.22. The molecule has 0 aliphatic heterocycles. The van der Waals surface area contributed by atoms with Crippen LogP contribution in [0.4, 0.5) is 5.00 Å². The zero-order valence-corrected chi connectivity index (χ0v) is 12.7. The smallest absolute Gasteiger partial charge is 0.341 e. The first-order chi connectivity index (χ1) is 9.03. The van der Waals surface area contributed by atoms with E-state index in [1.807, 2.05) is 20.8 Å². The van der Waals surface area contributed by atoms with Crippen LogP contribution in [0.25, 0.3) is 0 Å². The molecule has 1 aromatic rings. The monoisotopic (exact) mass is 283 g/mol. The molecule has 1 rings (SSSR count). The van der Waals surface area contributed by atoms with Crippen molar-refractivity contribution >= 4 is 28.2 Å². The minimum Gasteiger partial charge on any atom is -0.462 e. The number of hydrogen-bond acceptors (Lipinski definition) is 4. The number of carbonyl (C=O) groups is 2. The zero-order valence-electron chi connectivity index (χ0n) is 11.9. The second-order valence-corrected chi connectivity index (χ2v) is 5.58. The van der Waals surface area contributed by atoms with Crippen molar-refractivity contribution in [1.82, 2.24) is 0 Å². The van der Waals surface area contributed by atoms with Gasteiger partial charge in [0.05, 0.1) is 12.2 Å². The van der Waals surface area contributed by atoms with Gasteiger partial charge in [0.15, 0.2) is 0 Å². The van der Waals surface area contributed by atoms with Crippen LogP contribution < -0.4 is 5.32 Å². The Morgan fingerprint density at radius 2 is 1.95 bits per heavy atom. The summed E-state index contributed by atoms with van der Waals surface area (Å²) in [6.45, 7) is 7.97. The first-order valence-electron chi connectivity index (χ1n) is 6.61. The molecule has 0 atom stereocenters. The lowest BCUT2D eigenvalue weighted by Gasteiger charge is -2.12. The number of nitrogens with one attached hydrogen (secondary N) is 1. The van der Waals surface area contributed by atoms with Crippen molar-refractivity contribution in [3.63, 3.8) is 0 Å². The molecular weight excluding hydrogens is 262 g/mol. The molecule has 19 heavy (non-hydrogen) atoms. The molecule has 0 aliphatic carbocycles. The third-order valence-corrected chi connectivity index (χ3v) is 3.91. The first-order valence-corrected chi connectivity index (χ1v) is 7.43. The van der Waals surface area contributed by atoms with Crippen molar-refractivity contribution in [2.45, 2.75) is 40.5 Å². The summed E-state index contributed by atoms with van der Waals surface area (Å²) in [5.41, 5.74) is 0.448. The van der Waals surface area contributed by atoms with Gasteiger partial charge in [0.1, 0.15) is 5.00 Å². The molecule has 1 heterocycles. The standard InChI is InChI=1S/C14H21NO3S/c1-5-10(6-2)12(16)15-13-11(8-9(4)19-13)14(17)18-7-3/h8,10H,5-7H2,1-4H3,(H,15,16). The van der Waals surface area contributed by atoms with E-state index >= 15 is 0 Å². The lowest BCUT2D eigenvalue weighted by molar-refractivity contribution is -0.120. The molecule has 0 unspecified atom stereocenters. The van der Waals surface area contributed by atoms with Gasteiger partial charge in [0, 0.05) is 10.8 Å². The van der Waals surface area contributed by atoms with Crippen LogP contribution in [0, 0.1) is 12.8 Å². The van der Waals surface area contributed by atoms with Crippen molar-refractivity contribution in [3.8, 4) is 0 Å². The van der Waals surface area contributed by atoms with Crippen LogP contribution in [0.1, 0.15) is 48.8 Å². The van der Waals surface area contributed by atoms with Crippen molar-refractivity contribution in [2.24, 2.45) is 5.92 Å². The van der Waals surface area contributed by atoms with Crippen LogP contribution in [-0.2, 0) is 9.53 Å². The molecule has 0 aliphatic rings. The third kappa shape index (κ3) is 4.06. The highest BCUT2D eigenvalue weighted by molar-refractivity contribution is 7.16. The van der Waals surface area contributed by atoms with Gasteiger partial charge in [-0.1, -0.05) is 13.8 Å². The van der Waals surface area contributed by atoms with Crippen molar-refractivity contribution in [1.29, 1.82) is 0 Å². The van der Waals surface area contributed by atoms with Gasteiger partial charge < -0.3 is 10.1 Å². The fourth-order valence-corrected chi connectivity index (χ4v) is 2.74. The topological polar surface area (TPSA) is 55.4 Å². The van der Waals surface area contributed by atoms with E-state index in [1.165, 1.54) is 11.3 Å². The second kappa shape index (κ2) is 7.28. The maximum atomic E-state index is 12.1. The molecular formula is C14H21NO3S. The Bertz CT molecular complexity index is 450. The third-order valence-electron chi connectivity index (χ3n) is 2.94. The van der Waals surface area contributed by atoms with Crippen LogP contribution >= 0.6 is 11.3 Å². The summed E-state index contributed by atoms with van der Waals surface area (Å²) in [5.74, 6) is -0.429. The van der Waals surface area contributed by atoms with Crippen molar-refractivity contribution < 1.29 is 14.3 Å². The number of carbonyl (C=O) groups excluding carboxylic acids is 2. The summed E-state index contributed by atoms with van der Waals surface area (Å²) in [4.78, 5) is 24.8. The van der Waals surface area contributed by atoms with Gasteiger partial charge in [0.2, 0.25) is 5.91 Å². The maximum Gasteiger partial charge on any atom is 0.341 e. The minimum absolute atomic E-state index is 0.0162. The highest BCUT2D eigenvalue weighted by Crippen LogP contribution is 2.29. The maximum absolute atomic E-state index is 12.1. The van der Waals surface area contributed by atoms with Gasteiger partial charge in [0.25, 0.3) is 0 Å². The molecule has 106 valence electrons. The number of thiophene rings is 1. The fourth-order valence-electron chi connectivity index (χ4n) is 1.84. The van der Waals surface area contributed by atoms with Crippen LogP contribution in [0.15, 0.2) is 6.07 Å². The predicted octanol–water partition coefficient (Wildman–Crippen LogP) is 3.61. The summed E-state index contributed by atoms with van der Waals surface area (Å²) < 4.78 is 4.99. The van der Waals surface area contributed by atoms with Crippen LogP contribution in [0.3, 0.4) is 0 Å². The Morgan fingerprint density at radius 3 is 2.47 bits per heavy atom. The largest absolute Gasteiger partial charge is 0.462 e. The zero-order chi connectivity index (χ0) is 14.4. The highest BCUT2D eigenvalue weighted by atomic mass is 32.1. The van der Waals surface area contributed by atoms with Crippen LogP contribution in [-0.4, -0.2) is 18.5 Å². The SMILES string of the molecule is CCOC(=O)c1cc(C)sc1NC(=O)C(CC)CC. The van der Waals surface area contributed by atoms with E-state index in [4.69, 9.17) is 4.74 Å². The molecule has 0 saturated heterocycles. The Morgan fingerprint density at radius 1 is 1.32 bits per heavy atom. The highest BCUT2D eigenvalue weighted by Gasteiger charge is 2.20. The van der Waals surface area contributed by atoms with E-state index in [-0.39, 0.29) is 17.8 Å². The minimum atomic E-state index is -0.383. The van der Waals surface area contributed by atoms with Crippen molar-refractivity contribution in [3.05, 3.63) is 16.5 Å². The van der Waals surface area contributed by atoms with E-state index < -0.39 is 0 Å². The van der Waals surface area contributed by atoms with Crippen LogP contribution in [0.2, 0.25) is 0 Å². The summed E-state index contributed by atoms with van der Waals surface area (Å²) in [7, 11) is 0. The van der Waals surface area contributed by atoms with Crippen molar-refractivity contribution in [2.75, 3.05) is 11.9 Å². The number of ether oxygens (including phenoxy) is 1. The Hall–Kier alpha value is -1.36. The summed E-state index contributed by atoms with van der Waals surface area (Å²) in [5, 5.41) is 3.44. The number of esters is 1. The summed E-state index contributed by atoms with van der Waals surface area (Å²) >= 11 is 1.40. The molecule has 0 saturated carbocycles. The quantitative estimate of drug-likeness (QED) is 0.811. The molecule has 1 N–H and O–H groups in total. The summed E-state index contributed by atoms with van der Waals surface area (Å²) in [6.07, 6.45) is 1.59. The number of amides is 1. The van der Waals surface area contributed by atoms with E-state index in [0.29, 0.717) is 17.2 Å². The molecule has 0 radical (unpaired) electrons. The Balaban J connectivity index is 2.89. The van der Waals surface area contributed by atoms with Gasteiger partial charge in [-0.3, -0.25) is 4.79 Å². The average Bonchev–Trinajstić information content (AvgIpc) is 2.72. The average molecular weight is 283 g/mol. The second-order valence-electron chi connectivity index (χ2n) is 4.32. The summed E-state index contributed by atoms with van der Waals surface area (Å²) in [6, 6.07) is 1.76.